The Morgan fingerprint density at radius 1 is 0.209 bits per heavy atom. The predicted octanol–water partition coefficient (Wildman–Crippen LogP) is 27.8. The van der Waals surface area contributed by atoms with E-state index >= 15 is 0 Å². The molecule has 0 atom stereocenters. The van der Waals surface area contributed by atoms with E-state index in [-0.39, 0.29) is 86.0 Å². The quantitative estimate of drug-likeness (QED) is 0.0618. The third-order valence-corrected chi connectivity index (χ3v) is 39.7. The van der Waals surface area contributed by atoms with Crippen LogP contribution in [0, 0.1) is 90.0 Å². The summed E-state index contributed by atoms with van der Waals surface area (Å²) in [4.78, 5) is 35.0. The van der Waals surface area contributed by atoms with Crippen molar-refractivity contribution in [2.45, 2.75) is 133 Å². The Balaban J connectivity index is 0.000000193. The van der Waals surface area contributed by atoms with E-state index < -0.39 is 39.1 Å². The van der Waals surface area contributed by atoms with Crippen molar-refractivity contribution in [1.29, 1.82) is 0 Å². The van der Waals surface area contributed by atoms with Crippen molar-refractivity contribution in [1.82, 2.24) is 39.9 Å². The Labute approximate surface area is 943 Å². The monoisotopic (exact) mass is 2710 g/mol. The van der Waals surface area contributed by atoms with Gasteiger partial charge in [-0.2, -0.15) is 0 Å². The number of hydrogen-bond acceptors (Lipinski definition) is 8. The Hall–Kier alpha value is -12.7. The van der Waals surface area contributed by atoms with E-state index in [4.69, 9.17) is 9.10 Å². The minimum Gasteiger partial charge on any atom is -0.305 e. The first-order valence-electron chi connectivity index (χ1n) is 50.5. The summed E-state index contributed by atoms with van der Waals surface area (Å²) in [6.07, 6.45) is 14.5. The normalized spacial score (nSPS) is 11.1. The van der Waals surface area contributed by atoms with Gasteiger partial charge >= 0.3 is 0 Å². The minimum atomic E-state index is -2.09. The zero-order valence-electron chi connectivity index (χ0n) is 90.1. The standard InChI is InChI=1S/C25H30NSi.C21H22NSi.2C20H20NSi.2C12H10N.2C11H8N.4Ir/c1-18(2)23-16-25(26-17-24(23)19(3)4)20-12-14-22(15-13-20)27(5,6)21-10-8-7-9-11-21;1-16-14-21(22-15-17(16)2)18-10-12-20(13-11-18)23(3,4)19-8-6-5-7-9-19;2*1-16-13-14-21-20(15-16)17-9-11-19(12-10-17)22(2,3)18-7-5-4-6-8-18;2*1-10-7-8-12(13-9-10)11-5-3-2-4-6-11;2*1-2-6-10(7-3-1)11-8-4-5-9-12-11;;;;/h7-12,14-19H,1-6H3;5-10,12-15H,1-4H3;2*4-9,11-15H,1-3H3;2*2-5,7-9H,1H3;2*1-6,8-9H;;;;/q8*-1;;;;/i;;;;1D3;;;;;;;. The first-order valence-corrected chi connectivity index (χ1v) is 61.0. The molecule has 8 aromatic heterocycles. The summed E-state index contributed by atoms with van der Waals surface area (Å²) < 4.78 is 21.7. The molecule has 20 aromatic rings. The first kappa shape index (κ1) is 114. The Morgan fingerprint density at radius 3 is 0.750 bits per heavy atom. The molecule has 0 fully saturated rings. The summed E-state index contributed by atoms with van der Waals surface area (Å²) in [5.41, 5.74) is 25.0. The van der Waals surface area contributed by atoms with Crippen molar-refractivity contribution in [2.75, 3.05) is 0 Å². The average Bonchev–Trinajstić information content (AvgIpc) is 0.806. The molecule has 0 unspecified atom stereocenters. The molecular formula is C132H128Ir4N8Si4-8. The van der Waals surface area contributed by atoms with E-state index in [0.29, 0.717) is 11.8 Å². The molecule has 0 N–H and O–H groups in total. The number of pyridine rings is 8. The molecule has 8 nitrogen and oxygen atoms in total. The van der Waals surface area contributed by atoms with Crippen molar-refractivity contribution in [3.8, 4) is 90.1 Å². The van der Waals surface area contributed by atoms with Gasteiger partial charge in [-0.15, -0.1) is 284 Å². The second-order valence-corrected chi connectivity index (χ2v) is 55.8. The Morgan fingerprint density at radius 2 is 0.486 bits per heavy atom. The number of aryl methyl sites for hydroxylation is 6. The second-order valence-electron chi connectivity index (χ2n) is 38.2. The van der Waals surface area contributed by atoms with Gasteiger partial charge in [-0.1, -0.05) is 312 Å². The van der Waals surface area contributed by atoms with Crippen LogP contribution < -0.4 is 41.5 Å². The van der Waals surface area contributed by atoms with Gasteiger partial charge < -0.3 is 39.9 Å². The Kier molecular flexibility index (Phi) is 45.4. The van der Waals surface area contributed by atoms with Crippen LogP contribution in [0.2, 0.25) is 52.4 Å². The number of aromatic nitrogens is 8. The summed E-state index contributed by atoms with van der Waals surface area (Å²) >= 11 is 0. The molecule has 8 heterocycles. The smallest absolute Gasteiger partial charge is 0.0662 e. The summed E-state index contributed by atoms with van der Waals surface area (Å²) in [6.45, 7) is 36.4. The van der Waals surface area contributed by atoms with Crippen molar-refractivity contribution < 1.29 is 84.5 Å². The van der Waals surface area contributed by atoms with Crippen LogP contribution >= 0.6 is 0 Å². The molecule has 0 saturated carbocycles. The molecule has 0 saturated heterocycles. The zero-order chi connectivity index (χ0) is 104. The molecule has 148 heavy (non-hydrogen) atoms. The van der Waals surface area contributed by atoms with Crippen LogP contribution in [-0.4, -0.2) is 72.2 Å². The summed E-state index contributed by atoms with van der Waals surface area (Å²) in [7, 11) is -6.62. The molecule has 0 aliphatic carbocycles. The molecule has 20 rings (SSSR count). The van der Waals surface area contributed by atoms with Gasteiger partial charge in [0.25, 0.3) is 0 Å². The third kappa shape index (κ3) is 34.2. The van der Waals surface area contributed by atoms with Gasteiger partial charge in [-0.05, 0) is 151 Å². The van der Waals surface area contributed by atoms with Crippen LogP contribution in [0.3, 0.4) is 0 Å². The molecule has 0 spiro atoms. The molecule has 0 aliphatic rings. The molecule has 0 amide bonds. The van der Waals surface area contributed by atoms with Gasteiger partial charge in [0.05, 0.1) is 32.3 Å². The van der Waals surface area contributed by atoms with Crippen molar-refractivity contribution in [3.63, 3.8) is 0 Å². The summed E-state index contributed by atoms with van der Waals surface area (Å²) in [5.74, 6) is 0.987. The van der Waals surface area contributed by atoms with Crippen LogP contribution in [0.25, 0.3) is 90.1 Å². The van der Waals surface area contributed by atoms with Crippen LogP contribution in [0.4, 0.5) is 0 Å². The van der Waals surface area contributed by atoms with E-state index in [1.807, 2.05) is 177 Å². The van der Waals surface area contributed by atoms with E-state index in [9.17, 15) is 0 Å². The van der Waals surface area contributed by atoms with E-state index in [2.05, 4.69) is 422 Å². The Bertz CT molecular complexity index is 7120. The molecule has 16 heteroatoms. The third-order valence-electron chi connectivity index (χ3n) is 25.6. The molecule has 0 aliphatic heterocycles. The van der Waals surface area contributed by atoms with Gasteiger partial charge in [-0.25, -0.2) is 0 Å². The van der Waals surface area contributed by atoms with Crippen LogP contribution in [0.5, 0.6) is 0 Å². The first-order chi connectivity index (χ1) is 70.8. The second kappa shape index (κ2) is 58.9. The maximum atomic E-state index is 7.23. The van der Waals surface area contributed by atoms with E-state index in [1.165, 1.54) is 86.6 Å². The summed E-state index contributed by atoms with van der Waals surface area (Å²) in [5, 5.41) is 11.4. The van der Waals surface area contributed by atoms with Gasteiger partial charge in [0.1, 0.15) is 0 Å². The fourth-order valence-corrected chi connectivity index (χ4v) is 25.3. The molecule has 0 bridgehead atoms. The van der Waals surface area contributed by atoms with Crippen molar-refractivity contribution >= 4 is 73.8 Å². The van der Waals surface area contributed by atoms with Gasteiger partial charge in [0.2, 0.25) is 0 Å². The average molecular weight is 2710 g/mol. The SMILES string of the molecule is CC(C)c1cnc(-c2[c-]cc([Si](C)(C)c3ccccc3)cc2)cc1C(C)C.Cc1ccc(-c2[c-]cccc2)nc1.Cc1ccnc(-c2[c-]cc([Si](C)(C)c3ccccc3)cc2)c1.Cc1ccnc(-c2[c-]cc([Si](C)(C)c3ccccc3)cc2)c1.Cc1cnc(-c2[c-]cc([Si](C)(C)c3ccccc3)cc2)cc1C.[2H]C([2H])([2H])c1ccc(-c2[c-]cccc2)nc1.[Ir].[Ir].[Ir].[Ir].[c-]1ccccc1-c1ccccn1.[c-]1ccccc1-c1ccccn1. The van der Waals surface area contributed by atoms with Crippen molar-refractivity contribution in [2.24, 2.45) is 0 Å². The van der Waals surface area contributed by atoms with Crippen LogP contribution in [0.15, 0.2) is 438 Å². The number of nitrogens with zero attached hydrogens (tertiary/aromatic N) is 8. The largest absolute Gasteiger partial charge is 0.305 e. The molecular weight excluding hydrogens is 2580 g/mol. The number of benzene rings is 12. The topological polar surface area (TPSA) is 103 Å². The summed E-state index contributed by atoms with van der Waals surface area (Å²) in [6, 6.07) is 159. The maximum Gasteiger partial charge on any atom is 0.0662 e. The number of rotatable bonds is 18. The predicted molar refractivity (Wildman–Crippen MR) is 617 cm³/mol. The zero-order valence-corrected chi connectivity index (χ0v) is 101. The fourth-order valence-electron chi connectivity index (χ4n) is 16.2. The molecule has 12 aromatic carbocycles. The van der Waals surface area contributed by atoms with Crippen LogP contribution in [0.1, 0.15) is 88.2 Å². The molecule has 756 valence electrons. The van der Waals surface area contributed by atoms with Gasteiger partial charge in [0, 0.05) is 134 Å². The van der Waals surface area contributed by atoms with Gasteiger partial charge in [0.15, 0.2) is 0 Å². The molecule has 4 radical (unpaired) electrons. The van der Waals surface area contributed by atoms with E-state index in [1.54, 1.807) is 30.6 Å². The van der Waals surface area contributed by atoms with Gasteiger partial charge in [-0.3, -0.25) is 0 Å². The minimum absolute atomic E-state index is 0. The maximum absolute atomic E-state index is 7.23. The van der Waals surface area contributed by atoms with E-state index in [0.717, 1.165) is 90.1 Å². The number of hydrogen-bond donors (Lipinski definition) is 0. The fraction of sp³-hybridized carbons (Fsp3) is 0.152. The van der Waals surface area contributed by atoms with Crippen LogP contribution in [-0.2, 0) is 80.4 Å². The van der Waals surface area contributed by atoms with Crippen molar-refractivity contribution in [3.05, 3.63) is 531 Å².